The molecule has 7 nitrogen and oxygen atoms in total. The summed E-state index contributed by atoms with van der Waals surface area (Å²) < 4.78 is 14.2. The number of H-pyrrole nitrogens is 1. The fourth-order valence-electron chi connectivity index (χ4n) is 3.25. The molecule has 136 valence electrons. The zero-order valence-electron chi connectivity index (χ0n) is 13.7. The van der Waals surface area contributed by atoms with Crippen molar-refractivity contribution in [1.29, 1.82) is 0 Å². The van der Waals surface area contributed by atoms with Crippen molar-refractivity contribution in [3.63, 3.8) is 0 Å². The van der Waals surface area contributed by atoms with E-state index in [1.165, 1.54) is 6.20 Å². The predicted octanol–water partition coefficient (Wildman–Crippen LogP) is 2.50. The molecule has 0 bridgehead atoms. The van der Waals surface area contributed by atoms with Crippen molar-refractivity contribution in [2.75, 3.05) is 5.32 Å². The Balaban J connectivity index is 1.68. The quantitative estimate of drug-likeness (QED) is 0.558. The number of fused-ring (bicyclic) bond motifs is 1. The van der Waals surface area contributed by atoms with E-state index in [1.807, 2.05) is 0 Å². The summed E-state index contributed by atoms with van der Waals surface area (Å²) in [5.74, 6) is -0.343. The summed E-state index contributed by atoms with van der Waals surface area (Å²) in [6.07, 6.45) is 4.37. The number of nitrogens with zero attached hydrogens (tertiary/aromatic N) is 3. The molecule has 1 aliphatic rings. The lowest BCUT2D eigenvalue weighted by Crippen LogP contribution is -2.45. The van der Waals surface area contributed by atoms with Crippen LogP contribution in [0.2, 0.25) is 5.02 Å². The molecule has 0 aromatic carbocycles. The molecule has 4 rings (SSSR count). The maximum atomic E-state index is 14.2. The highest BCUT2D eigenvalue weighted by molar-refractivity contribution is 6.31. The van der Waals surface area contributed by atoms with E-state index in [0.717, 1.165) is 18.0 Å². The molecule has 3 unspecified atom stereocenters. The van der Waals surface area contributed by atoms with Crippen molar-refractivity contribution in [3.8, 4) is 11.4 Å². The molecule has 3 atom stereocenters. The molecule has 0 radical (unpaired) electrons. The van der Waals surface area contributed by atoms with Gasteiger partial charge in [0.2, 0.25) is 0 Å². The number of aliphatic hydroxyl groups is 2. The Bertz CT molecular complexity index is 950. The van der Waals surface area contributed by atoms with Gasteiger partial charge in [-0.05, 0) is 25.3 Å². The van der Waals surface area contributed by atoms with E-state index in [-0.39, 0.29) is 5.82 Å². The van der Waals surface area contributed by atoms with E-state index in [2.05, 4.69) is 25.3 Å². The van der Waals surface area contributed by atoms with Crippen molar-refractivity contribution < 1.29 is 14.6 Å². The molecule has 0 spiro atoms. The molecule has 9 heteroatoms. The lowest BCUT2D eigenvalue weighted by atomic mass is 9.90. The number of hydrogen-bond donors (Lipinski definition) is 4. The number of aromatic nitrogens is 4. The van der Waals surface area contributed by atoms with Crippen LogP contribution in [0.3, 0.4) is 0 Å². The van der Waals surface area contributed by atoms with Crippen LogP contribution >= 0.6 is 11.6 Å². The van der Waals surface area contributed by atoms with Gasteiger partial charge in [0.15, 0.2) is 17.5 Å². The maximum Gasteiger partial charge on any atom is 0.183 e. The van der Waals surface area contributed by atoms with E-state index < -0.39 is 24.1 Å². The number of hydrogen-bond acceptors (Lipinski definition) is 6. The second-order valence-electron chi connectivity index (χ2n) is 6.38. The first-order valence-corrected chi connectivity index (χ1v) is 8.69. The zero-order valence-corrected chi connectivity index (χ0v) is 14.4. The van der Waals surface area contributed by atoms with Gasteiger partial charge >= 0.3 is 0 Å². The Kier molecular flexibility index (Phi) is 4.47. The fourth-order valence-corrected chi connectivity index (χ4v) is 3.41. The summed E-state index contributed by atoms with van der Waals surface area (Å²) in [6.45, 7) is 0. The Morgan fingerprint density at radius 2 is 2.08 bits per heavy atom. The second kappa shape index (κ2) is 6.79. The molecule has 1 saturated carbocycles. The third-order valence-corrected chi connectivity index (χ3v) is 4.83. The second-order valence-corrected chi connectivity index (χ2v) is 6.82. The maximum absolute atomic E-state index is 14.2. The molecule has 4 N–H and O–H groups in total. The third-order valence-electron chi connectivity index (χ3n) is 4.63. The SMILES string of the molecule is OC1CCCC(Nc2nc(-c3c[nH]c4ncc(Cl)cc34)ncc2F)C1O. The minimum absolute atomic E-state index is 0.0162. The molecule has 3 aromatic heterocycles. The largest absolute Gasteiger partial charge is 0.390 e. The summed E-state index contributed by atoms with van der Waals surface area (Å²) >= 11 is 6.01. The molecule has 3 heterocycles. The first kappa shape index (κ1) is 17.1. The Morgan fingerprint density at radius 3 is 2.92 bits per heavy atom. The molecular formula is C17H17ClFN5O2. The molecule has 0 aliphatic heterocycles. The van der Waals surface area contributed by atoms with Gasteiger partial charge in [0.05, 0.1) is 29.5 Å². The van der Waals surface area contributed by atoms with Gasteiger partial charge in [-0.1, -0.05) is 11.6 Å². The van der Waals surface area contributed by atoms with Crippen LogP contribution in [0.25, 0.3) is 22.4 Å². The Hall–Kier alpha value is -2.29. The van der Waals surface area contributed by atoms with E-state index in [9.17, 15) is 14.6 Å². The van der Waals surface area contributed by atoms with Gasteiger partial charge in [-0.3, -0.25) is 0 Å². The molecular weight excluding hydrogens is 361 g/mol. The van der Waals surface area contributed by atoms with Crippen LogP contribution < -0.4 is 5.32 Å². The minimum Gasteiger partial charge on any atom is -0.390 e. The van der Waals surface area contributed by atoms with Gasteiger partial charge in [-0.25, -0.2) is 19.3 Å². The number of rotatable bonds is 3. The van der Waals surface area contributed by atoms with E-state index in [1.54, 1.807) is 12.3 Å². The molecule has 0 amide bonds. The molecule has 0 saturated heterocycles. The topological polar surface area (TPSA) is 107 Å². The zero-order chi connectivity index (χ0) is 18.3. The van der Waals surface area contributed by atoms with Gasteiger partial charge < -0.3 is 20.5 Å². The molecule has 1 aliphatic carbocycles. The van der Waals surface area contributed by atoms with Gasteiger partial charge in [0.1, 0.15) is 5.65 Å². The van der Waals surface area contributed by atoms with Crippen LogP contribution in [0.5, 0.6) is 0 Å². The van der Waals surface area contributed by atoms with Gasteiger partial charge in [-0.2, -0.15) is 0 Å². The molecule has 26 heavy (non-hydrogen) atoms. The number of pyridine rings is 1. The van der Waals surface area contributed by atoms with E-state index >= 15 is 0 Å². The highest BCUT2D eigenvalue weighted by atomic mass is 35.5. The predicted molar refractivity (Wildman–Crippen MR) is 95.4 cm³/mol. The number of aliphatic hydroxyl groups excluding tert-OH is 2. The van der Waals surface area contributed by atoms with Crippen LogP contribution in [0, 0.1) is 5.82 Å². The Morgan fingerprint density at radius 1 is 1.23 bits per heavy atom. The fraction of sp³-hybridized carbons (Fsp3) is 0.353. The number of halogens is 2. The highest BCUT2D eigenvalue weighted by Crippen LogP contribution is 2.29. The minimum atomic E-state index is -0.974. The van der Waals surface area contributed by atoms with Crippen molar-refractivity contribution in [3.05, 3.63) is 35.5 Å². The third kappa shape index (κ3) is 3.11. The van der Waals surface area contributed by atoms with Crippen LogP contribution in [-0.4, -0.2) is 48.4 Å². The van der Waals surface area contributed by atoms with Crippen molar-refractivity contribution in [2.24, 2.45) is 0 Å². The van der Waals surface area contributed by atoms with Gasteiger partial charge in [0, 0.05) is 23.3 Å². The average molecular weight is 378 g/mol. The van der Waals surface area contributed by atoms with Crippen molar-refractivity contribution >= 4 is 28.5 Å². The lowest BCUT2D eigenvalue weighted by molar-refractivity contribution is -0.0162. The van der Waals surface area contributed by atoms with Crippen LogP contribution in [-0.2, 0) is 0 Å². The van der Waals surface area contributed by atoms with E-state index in [4.69, 9.17) is 11.6 Å². The van der Waals surface area contributed by atoms with Crippen LogP contribution in [0.4, 0.5) is 10.2 Å². The smallest absolute Gasteiger partial charge is 0.183 e. The molecule has 3 aromatic rings. The van der Waals surface area contributed by atoms with Crippen molar-refractivity contribution in [1.82, 2.24) is 19.9 Å². The van der Waals surface area contributed by atoms with Crippen LogP contribution in [0.1, 0.15) is 19.3 Å². The van der Waals surface area contributed by atoms with Crippen molar-refractivity contribution in [2.45, 2.75) is 37.5 Å². The number of aromatic amines is 1. The number of nitrogens with one attached hydrogen (secondary N) is 2. The summed E-state index contributed by atoms with van der Waals surface area (Å²) in [6, 6.07) is 1.26. The van der Waals surface area contributed by atoms with Gasteiger partial charge in [-0.15, -0.1) is 0 Å². The standard InChI is InChI=1S/C17H17ClFN5O2/c18-8-4-9-10(6-21-15(9)20-5-8)16-22-7-11(19)17(24-16)23-12-2-1-3-13(25)14(12)26/h4-7,12-14,25-26H,1-3H2,(H,20,21)(H,22,23,24). The first-order chi connectivity index (χ1) is 12.5. The lowest BCUT2D eigenvalue weighted by Gasteiger charge is -2.32. The number of anilines is 1. The summed E-state index contributed by atoms with van der Waals surface area (Å²) in [7, 11) is 0. The first-order valence-electron chi connectivity index (χ1n) is 8.31. The average Bonchev–Trinajstić information content (AvgIpc) is 3.04. The van der Waals surface area contributed by atoms with Crippen LogP contribution in [0.15, 0.2) is 24.7 Å². The summed E-state index contributed by atoms with van der Waals surface area (Å²) in [5, 5.41) is 24.0. The normalized spacial score (nSPS) is 23.3. The summed E-state index contributed by atoms with van der Waals surface area (Å²) in [4.78, 5) is 15.5. The monoisotopic (exact) mass is 377 g/mol. The van der Waals surface area contributed by atoms with E-state index in [0.29, 0.717) is 34.9 Å². The van der Waals surface area contributed by atoms with Gasteiger partial charge in [0.25, 0.3) is 0 Å². The highest BCUT2D eigenvalue weighted by Gasteiger charge is 2.31. The molecule has 1 fully saturated rings. The Labute approximate surface area is 153 Å². The summed E-state index contributed by atoms with van der Waals surface area (Å²) in [5.41, 5.74) is 1.26.